The average Bonchev–Trinajstić information content (AvgIpc) is 3.31. The third-order valence-corrected chi connectivity index (χ3v) is 7.18. The number of nitrogens with zero attached hydrogens (tertiary/aromatic N) is 4. The topological polar surface area (TPSA) is 129 Å². The lowest BCUT2D eigenvalue weighted by Crippen LogP contribution is -2.36. The summed E-state index contributed by atoms with van der Waals surface area (Å²) in [5, 5.41) is 11.2. The number of Topliss-reactive ketones (excluding diaryl/α,β-unsaturated/α-hetero) is 1. The van der Waals surface area contributed by atoms with Crippen molar-refractivity contribution in [1.29, 1.82) is 0 Å². The van der Waals surface area contributed by atoms with Crippen LogP contribution < -0.4 is 17.0 Å². The van der Waals surface area contributed by atoms with Crippen LogP contribution in [-0.2, 0) is 6.54 Å². The fraction of sp³-hybridized carbons (Fsp3) is 0.227. The van der Waals surface area contributed by atoms with Crippen LogP contribution in [0, 0.1) is 0 Å². The molecule has 5 rings (SSSR count). The van der Waals surface area contributed by atoms with Crippen LogP contribution in [0.15, 0.2) is 62.6 Å². The first-order valence-corrected chi connectivity index (χ1v) is 12.2. The van der Waals surface area contributed by atoms with Crippen LogP contribution in [0.25, 0.3) is 10.7 Å². The summed E-state index contributed by atoms with van der Waals surface area (Å²) < 4.78 is 3.27. The fourth-order valence-corrected chi connectivity index (χ4v) is 5.15. The van der Waals surface area contributed by atoms with Crippen LogP contribution in [0.5, 0.6) is 0 Å². The molecule has 11 heteroatoms. The van der Waals surface area contributed by atoms with E-state index in [-0.39, 0.29) is 23.2 Å². The van der Waals surface area contributed by atoms with Gasteiger partial charge in [-0.25, -0.2) is 4.79 Å². The highest BCUT2D eigenvalue weighted by Gasteiger charge is 2.30. The van der Waals surface area contributed by atoms with Crippen LogP contribution in [0.2, 0.25) is 0 Å². The maximum Gasteiger partial charge on any atom is 0.330 e. The third kappa shape index (κ3) is 4.29. The molecule has 0 amide bonds. The summed E-state index contributed by atoms with van der Waals surface area (Å²) in [6.07, 6.45) is 1.60. The molecule has 1 aliphatic rings. The highest BCUT2D eigenvalue weighted by molar-refractivity contribution is 7.99. The SMILES string of the molecule is Nc1c(C(=O)CSc2nnc(-c3cccs3)n2Cc2ccccc2)c(=O)[nH]c(=O)n1C1CC1. The first kappa shape index (κ1) is 21.4. The standard InChI is InChI=1S/C22H20N6O3S2/c23-18-17(20(30)24-21(31)28(18)14-8-9-14)15(29)12-33-22-26-25-19(16-7-4-10-32-16)27(22)11-13-5-2-1-3-6-13/h1-7,10,14H,8-9,11-12,23H2,(H,24,30,31). The Labute approximate surface area is 196 Å². The van der Waals surface area contributed by atoms with Crippen LogP contribution >= 0.6 is 23.1 Å². The summed E-state index contributed by atoms with van der Waals surface area (Å²) in [5.41, 5.74) is 5.63. The number of ketones is 1. The van der Waals surface area contributed by atoms with Gasteiger partial charge in [0.1, 0.15) is 11.4 Å². The lowest BCUT2D eigenvalue weighted by atomic mass is 10.2. The molecule has 0 bridgehead atoms. The third-order valence-electron chi connectivity index (χ3n) is 5.35. The van der Waals surface area contributed by atoms with Crippen molar-refractivity contribution in [2.75, 3.05) is 11.5 Å². The summed E-state index contributed by atoms with van der Waals surface area (Å²) in [7, 11) is 0. The molecule has 1 fully saturated rings. The minimum Gasteiger partial charge on any atom is -0.384 e. The first-order chi connectivity index (χ1) is 16.0. The number of carbonyl (C=O) groups excluding carboxylic acids is 1. The predicted octanol–water partition coefficient (Wildman–Crippen LogP) is 2.80. The molecule has 0 radical (unpaired) electrons. The van der Waals surface area contributed by atoms with Crippen molar-refractivity contribution in [2.24, 2.45) is 0 Å². The number of thiophene rings is 1. The molecule has 1 aromatic carbocycles. The summed E-state index contributed by atoms with van der Waals surface area (Å²) >= 11 is 2.74. The van der Waals surface area contributed by atoms with Gasteiger partial charge in [-0.1, -0.05) is 48.2 Å². The fourth-order valence-electron chi connectivity index (χ4n) is 3.63. The van der Waals surface area contributed by atoms with E-state index < -0.39 is 17.0 Å². The molecule has 168 valence electrons. The van der Waals surface area contributed by atoms with Crippen LogP contribution in [0.4, 0.5) is 5.82 Å². The molecule has 0 spiro atoms. The zero-order chi connectivity index (χ0) is 22.9. The lowest BCUT2D eigenvalue weighted by molar-refractivity contribution is 0.102. The average molecular weight is 481 g/mol. The van der Waals surface area contributed by atoms with Gasteiger partial charge < -0.3 is 5.73 Å². The number of anilines is 1. The number of aromatic amines is 1. The van der Waals surface area contributed by atoms with Gasteiger partial charge in [0.2, 0.25) is 0 Å². The van der Waals surface area contributed by atoms with E-state index in [0.717, 1.165) is 23.3 Å². The number of nitrogens with one attached hydrogen (secondary N) is 1. The van der Waals surface area contributed by atoms with Crippen molar-refractivity contribution in [1.82, 2.24) is 24.3 Å². The Hall–Kier alpha value is -3.44. The van der Waals surface area contributed by atoms with E-state index in [4.69, 9.17) is 5.73 Å². The molecule has 3 heterocycles. The normalized spacial score (nSPS) is 13.3. The summed E-state index contributed by atoms with van der Waals surface area (Å²) in [6.45, 7) is 0.535. The second kappa shape index (κ2) is 8.83. The minimum absolute atomic E-state index is 0.0594. The second-order valence-corrected chi connectivity index (χ2v) is 9.58. The number of hydrogen-bond donors (Lipinski definition) is 2. The number of thioether (sulfide) groups is 1. The molecule has 0 atom stereocenters. The minimum atomic E-state index is -0.759. The molecule has 1 aliphatic carbocycles. The van der Waals surface area contributed by atoms with Gasteiger partial charge in [0.15, 0.2) is 16.8 Å². The van der Waals surface area contributed by atoms with Gasteiger partial charge in [0, 0.05) is 6.04 Å². The number of aromatic nitrogens is 5. The van der Waals surface area contributed by atoms with E-state index in [1.807, 2.05) is 52.4 Å². The van der Waals surface area contributed by atoms with Crippen molar-refractivity contribution in [3.8, 4) is 10.7 Å². The second-order valence-electron chi connectivity index (χ2n) is 7.69. The molecular formula is C22H20N6O3S2. The Bertz CT molecular complexity index is 1420. The molecule has 9 nitrogen and oxygen atoms in total. The molecule has 0 unspecified atom stereocenters. The Morgan fingerprint density at radius 2 is 1.94 bits per heavy atom. The van der Waals surface area contributed by atoms with Crippen molar-refractivity contribution in [2.45, 2.75) is 30.6 Å². The van der Waals surface area contributed by atoms with Gasteiger partial charge in [-0.3, -0.25) is 23.7 Å². The Morgan fingerprint density at radius 3 is 2.64 bits per heavy atom. The predicted molar refractivity (Wildman–Crippen MR) is 128 cm³/mol. The van der Waals surface area contributed by atoms with E-state index in [1.54, 1.807) is 11.3 Å². The number of carbonyl (C=O) groups is 1. The maximum absolute atomic E-state index is 13.0. The van der Waals surface area contributed by atoms with E-state index in [2.05, 4.69) is 15.2 Å². The van der Waals surface area contributed by atoms with E-state index in [1.165, 1.54) is 16.3 Å². The van der Waals surface area contributed by atoms with Gasteiger partial charge in [0.25, 0.3) is 5.56 Å². The van der Waals surface area contributed by atoms with Crippen LogP contribution in [-0.4, -0.2) is 35.9 Å². The largest absolute Gasteiger partial charge is 0.384 e. The van der Waals surface area contributed by atoms with Crippen LogP contribution in [0.3, 0.4) is 0 Å². The van der Waals surface area contributed by atoms with Gasteiger partial charge >= 0.3 is 5.69 Å². The highest BCUT2D eigenvalue weighted by Crippen LogP contribution is 2.35. The smallest absolute Gasteiger partial charge is 0.330 e. The van der Waals surface area contributed by atoms with Gasteiger partial charge in [-0.05, 0) is 29.9 Å². The number of benzene rings is 1. The molecule has 3 N–H and O–H groups in total. The number of H-pyrrole nitrogens is 1. The lowest BCUT2D eigenvalue weighted by Gasteiger charge is -2.11. The molecule has 4 aromatic rings. The number of hydrogen-bond acceptors (Lipinski definition) is 8. The molecule has 33 heavy (non-hydrogen) atoms. The number of nitrogens with two attached hydrogens (primary N) is 1. The van der Waals surface area contributed by atoms with E-state index in [0.29, 0.717) is 17.5 Å². The summed E-state index contributed by atoms with van der Waals surface area (Å²) in [5.74, 6) is 0.124. The number of nitrogen functional groups attached to an aromatic ring is 1. The van der Waals surface area contributed by atoms with Crippen molar-refractivity contribution < 1.29 is 4.79 Å². The summed E-state index contributed by atoms with van der Waals surface area (Å²) in [6, 6.07) is 13.8. The molecule has 0 saturated heterocycles. The maximum atomic E-state index is 13.0. The van der Waals surface area contributed by atoms with Gasteiger partial charge in [-0.2, -0.15) is 0 Å². The van der Waals surface area contributed by atoms with Crippen molar-refractivity contribution in [3.05, 3.63) is 79.8 Å². The van der Waals surface area contributed by atoms with Crippen molar-refractivity contribution >= 4 is 34.7 Å². The van der Waals surface area contributed by atoms with E-state index >= 15 is 0 Å². The Kier molecular flexibility index (Phi) is 5.73. The first-order valence-electron chi connectivity index (χ1n) is 10.3. The quantitative estimate of drug-likeness (QED) is 0.293. The Morgan fingerprint density at radius 1 is 1.15 bits per heavy atom. The van der Waals surface area contributed by atoms with Crippen molar-refractivity contribution in [3.63, 3.8) is 0 Å². The van der Waals surface area contributed by atoms with E-state index in [9.17, 15) is 14.4 Å². The molecule has 0 aliphatic heterocycles. The molecular weight excluding hydrogens is 460 g/mol. The summed E-state index contributed by atoms with van der Waals surface area (Å²) in [4.78, 5) is 40.7. The molecule has 1 saturated carbocycles. The Balaban J connectivity index is 1.43. The zero-order valence-electron chi connectivity index (χ0n) is 17.4. The van der Waals surface area contributed by atoms with Gasteiger partial charge in [0.05, 0.1) is 17.2 Å². The monoisotopic (exact) mass is 480 g/mol. The highest BCUT2D eigenvalue weighted by atomic mass is 32.2. The van der Waals surface area contributed by atoms with Gasteiger partial charge in [-0.15, -0.1) is 21.5 Å². The molecule has 3 aromatic heterocycles. The van der Waals surface area contributed by atoms with Crippen LogP contribution in [0.1, 0.15) is 34.8 Å². The number of rotatable bonds is 8. The zero-order valence-corrected chi connectivity index (χ0v) is 19.1.